The highest BCUT2D eigenvalue weighted by molar-refractivity contribution is 6.31. The Hall–Kier alpha value is -1.79. The van der Waals surface area contributed by atoms with Gasteiger partial charge in [-0.3, -0.25) is 14.5 Å². The van der Waals surface area contributed by atoms with E-state index in [0.717, 1.165) is 6.42 Å². The zero-order chi connectivity index (χ0) is 17.4. The third kappa shape index (κ3) is 6.46. The number of anilines is 1. The SMILES string of the molecule is CCCN(CC(=O)Nc1cc(Cl)ccc1OC)CC(=O)N(C)C. The van der Waals surface area contributed by atoms with E-state index in [1.54, 1.807) is 32.3 Å². The van der Waals surface area contributed by atoms with Gasteiger partial charge in [0.2, 0.25) is 11.8 Å². The molecule has 1 aromatic rings. The molecule has 128 valence electrons. The summed E-state index contributed by atoms with van der Waals surface area (Å²) in [5.74, 6) is 0.284. The normalized spacial score (nSPS) is 10.5. The minimum Gasteiger partial charge on any atom is -0.495 e. The number of methoxy groups -OCH3 is 1. The van der Waals surface area contributed by atoms with E-state index in [4.69, 9.17) is 16.3 Å². The van der Waals surface area contributed by atoms with E-state index in [2.05, 4.69) is 5.32 Å². The van der Waals surface area contributed by atoms with E-state index in [-0.39, 0.29) is 24.9 Å². The Labute approximate surface area is 142 Å². The van der Waals surface area contributed by atoms with Gasteiger partial charge in [0.25, 0.3) is 0 Å². The lowest BCUT2D eigenvalue weighted by molar-refractivity contribution is -0.130. The molecule has 0 aliphatic carbocycles. The van der Waals surface area contributed by atoms with Crippen molar-refractivity contribution in [3.8, 4) is 5.75 Å². The van der Waals surface area contributed by atoms with Gasteiger partial charge in [0.15, 0.2) is 0 Å². The Morgan fingerprint density at radius 3 is 2.52 bits per heavy atom. The maximum atomic E-state index is 12.3. The number of hydrogen-bond donors (Lipinski definition) is 1. The second kappa shape index (κ2) is 9.37. The van der Waals surface area contributed by atoms with Crippen LogP contribution < -0.4 is 10.1 Å². The van der Waals surface area contributed by atoms with Crippen LogP contribution in [-0.2, 0) is 9.59 Å². The third-order valence-corrected chi connectivity index (χ3v) is 3.44. The number of halogens is 1. The van der Waals surface area contributed by atoms with Crippen molar-refractivity contribution < 1.29 is 14.3 Å². The number of likely N-dealkylation sites (N-methyl/N-ethyl adjacent to an activating group) is 1. The molecular formula is C16H24ClN3O3. The van der Waals surface area contributed by atoms with Crippen LogP contribution in [-0.4, -0.2) is 62.5 Å². The fraction of sp³-hybridized carbons (Fsp3) is 0.500. The molecule has 0 unspecified atom stereocenters. The van der Waals surface area contributed by atoms with Gasteiger partial charge in [-0.2, -0.15) is 0 Å². The number of nitrogens with one attached hydrogen (secondary N) is 1. The quantitative estimate of drug-likeness (QED) is 0.786. The van der Waals surface area contributed by atoms with Gasteiger partial charge in [-0.1, -0.05) is 18.5 Å². The molecule has 0 saturated heterocycles. The van der Waals surface area contributed by atoms with Gasteiger partial charge in [-0.05, 0) is 31.2 Å². The molecule has 0 fully saturated rings. The Morgan fingerprint density at radius 2 is 1.96 bits per heavy atom. The smallest absolute Gasteiger partial charge is 0.238 e. The Kier molecular flexibility index (Phi) is 7.85. The van der Waals surface area contributed by atoms with E-state index in [9.17, 15) is 9.59 Å². The minimum atomic E-state index is -0.217. The van der Waals surface area contributed by atoms with Gasteiger partial charge in [0.05, 0.1) is 25.9 Å². The Bertz CT molecular complexity index is 549. The van der Waals surface area contributed by atoms with Gasteiger partial charge in [0.1, 0.15) is 5.75 Å². The van der Waals surface area contributed by atoms with Crippen molar-refractivity contribution in [2.45, 2.75) is 13.3 Å². The highest BCUT2D eigenvalue weighted by Crippen LogP contribution is 2.27. The van der Waals surface area contributed by atoms with Gasteiger partial charge in [0, 0.05) is 19.1 Å². The van der Waals surface area contributed by atoms with Crippen LogP contribution in [0.2, 0.25) is 5.02 Å². The zero-order valence-corrected chi connectivity index (χ0v) is 14.8. The van der Waals surface area contributed by atoms with Crippen LogP contribution in [0.4, 0.5) is 5.69 Å². The van der Waals surface area contributed by atoms with E-state index in [0.29, 0.717) is 23.0 Å². The summed E-state index contributed by atoms with van der Waals surface area (Å²) in [5, 5.41) is 3.29. The van der Waals surface area contributed by atoms with Crippen molar-refractivity contribution >= 4 is 29.1 Å². The van der Waals surface area contributed by atoms with Crippen molar-refractivity contribution in [1.29, 1.82) is 0 Å². The molecule has 1 N–H and O–H groups in total. The van der Waals surface area contributed by atoms with Crippen molar-refractivity contribution in [2.24, 2.45) is 0 Å². The topological polar surface area (TPSA) is 61.9 Å². The highest BCUT2D eigenvalue weighted by atomic mass is 35.5. The Morgan fingerprint density at radius 1 is 1.26 bits per heavy atom. The van der Waals surface area contributed by atoms with Crippen molar-refractivity contribution in [3.05, 3.63) is 23.2 Å². The molecule has 1 aromatic carbocycles. The fourth-order valence-electron chi connectivity index (χ4n) is 2.03. The molecular weight excluding hydrogens is 318 g/mol. The lowest BCUT2D eigenvalue weighted by atomic mass is 10.3. The summed E-state index contributed by atoms with van der Waals surface area (Å²) in [6.07, 6.45) is 0.856. The van der Waals surface area contributed by atoms with Crippen LogP contribution in [0.1, 0.15) is 13.3 Å². The first-order valence-electron chi connectivity index (χ1n) is 7.43. The average Bonchev–Trinajstić information content (AvgIpc) is 2.47. The van der Waals surface area contributed by atoms with Crippen LogP contribution in [0, 0.1) is 0 Å². The summed E-state index contributed by atoms with van der Waals surface area (Å²) < 4.78 is 5.20. The molecule has 0 aliphatic heterocycles. The van der Waals surface area contributed by atoms with Crippen LogP contribution in [0.5, 0.6) is 5.75 Å². The maximum Gasteiger partial charge on any atom is 0.238 e. The van der Waals surface area contributed by atoms with Crippen LogP contribution in [0.15, 0.2) is 18.2 Å². The summed E-state index contributed by atoms with van der Waals surface area (Å²) in [6.45, 7) is 3.01. The summed E-state index contributed by atoms with van der Waals surface area (Å²) in [4.78, 5) is 27.4. The minimum absolute atomic E-state index is 0.0356. The highest BCUT2D eigenvalue weighted by Gasteiger charge is 2.16. The number of ether oxygens (including phenoxy) is 1. The zero-order valence-electron chi connectivity index (χ0n) is 14.1. The average molecular weight is 342 g/mol. The standard InChI is InChI=1S/C16H24ClN3O3/c1-5-8-20(11-16(22)19(2)3)10-15(21)18-13-9-12(17)6-7-14(13)23-4/h6-7,9H,5,8,10-11H2,1-4H3,(H,18,21). The van der Waals surface area contributed by atoms with E-state index < -0.39 is 0 Å². The third-order valence-electron chi connectivity index (χ3n) is 3.20. The monoisotopic (exact) mass is 341 g/mol. The molecule has 0 aromatic heterocycles. The number of rotatable bonds is 8. The van der Waals surface area contributed by atoms with E-state index >= 15 is 0 Å². The number of carbonyl (C=O) groups excluding carboxylic acids is 2. The first-order valence-corrected chi connectivity index (χ1v) is 7.81. The van der Waals surface area contributed by atoms with Crippen molar-refractivity contribution in [3.63, 3.8) is 0 Å². The molecule has 0 saturated carbocycles. The van der Waals surface area contributed by atoms with Crippen molar-refractivity contribution in [1.82, 2.24) is 9.80 Å². The number of nitrogens with zero attached hydrogens (tertiary/aromatic N) is 2. The lowest BCUT2D eigenvalue weighted by Crippen LogP contribution is -2.41. The molecule has 6 nitrogen and oxygen atoms in total. The molecule has 0 heterocycles. The van der Waals surface area contributed by atoms with Gasteiger partial charge >= 0.3 is 0 Å². The number of amides is 2. The maximum absolute atomic E-state index is 12.3. The number of benzene rings is 1. The van der Waals surface area contributed by atoms with Gasteiger partial charge in [-0.25, -0.2) is 0 Å². The number of hydrogen-bond acceptors (Lipinski definition) is 4. The second-order valence-electron chi connectivity index (χ2n) is 5.39. The van der Waals surface area contributed by atoms with E-state index in [1.807, 2.05) is 11.8 Å². The molecule has 0 atom stereocenters. The fourth-order valence-corrected chi connectivity index (χ4v) is 2.21. The van der Waals surface area contributed by atoms with Crippen LogP contribution in [0.25, 0.3) is 0 Å². The first kappa shape index (κ1) is 19.3. The molecule has 23 heavy (non-hydrogen) atoms. The largest absolute Gasteiger partial charge is 0.495 e. The molecule has 0 aliphatic rings. The predicted molar refractivity (Wildman–Crippen MR) is 92.1 cm³/mol. The molecule has 0 bridgehead atoms. The van der Waals surface area contributed by atoms with Gasteiger partial charge < -0.3 is 15.0 Å². The van der Waals surface area contributed by atoms with Crippen LogP contribution in [0.3, 0.4) is 0 Å². The van der Waals surface area contributed by atoms with Crippen molar-refractivity contribution in [2.75, 3.05) is 46.2 Å². The second-order valence-corrected chi connectivity index (χ2v) is 5.83. The summed E-state index contributed by atoms with van der Waals surface area (Å²) in [7, 11) is 4.92. The summed E-state index contributed by atoms with van der Waals surface area (Å²) in [6, 6.07) is 5.01. The summed E-state index contributed by atoms with van der Waals surface area (Å²) in [5.41, 5.74) is 0.514. The molecule has 1 rings (SSSR count). The number of carbonyl (C=O) groups is 2. The first-order chi connectivity index (χ1) is 10.9. The molecule has 0 spiro atoms. The summed E-state index contributed by atoms with van der Waals surface area (Å²) >= 11 is 5.95. The van der Waals surface area contributed by atoms with Gasteiger partial charge in [-0.15, -0.1) is 0 Å². The Balaban J connectivity index is 2.72. The van der Waals surface area contributed by atoms with Crippen LogP contribution >= 0.6 is 11.6 Å². The lowest BCUT2D eigenvalue weighted by Gasteiger charge is -2.22. The predicted octanol–water partition coefficient (Wildman–Crippen LogP) is 2.09. The van der Waals surface area contributed by atoms with E-state index in [1.165, 1.54) is 12.0 Å². The molecule has 0 radical (unpaired) electrons. The molecule has 7 heteroatoms. The molecule has 2 amide bonds.